The zero-order valence-corrected chi connectivity index (χ0v) is 18.6. The van der Waals surface area contributed by atoms with Crippen molar-refractivity contribution in [2.75, 3.05) is 19.0 Å². The number of rotatable bonds is 5. The van der Waals surface area contributed by atoms with Crippen LogP contribution in [-0.2, 0) is 17.6 Å². The summed E-state index contributed by atoms with van der Waals surface area (Å²) >= 11 is 1.50. The molecule has 5 nitrogen and oxygen atoms in total. The number of ether oxygens (including phenoxy) is 2. The van der Waals surface area contributed by atoms with E-state index in [1.54, 1.807) is 18.2 Å². The molecule has 3 rings (SSSR count). The van der Waals surface area contributed by atoms with E-state index in [-0.39, 0.29) is 11.3 Å². The SMILES string of the molecule is CCOc1cccc(C(=O)Nc2sc3c(c2C(=O)OC)CCC(C(C)(C)C)C3)c1. The average molecular weight is 416 g/mol. The van der Waals surface area contributed by atoms with Crippen molar-refractivity contribution in [1.29, 1.82) is 0 Å². The molecular formula is C23H29NO4S. The van der Waals surface area contributed by atoms with Crippen LogP contribution in [0.25, 0.3) is 0 Å². The third-order valence-electron chi connectivity index (χ3n) is 5.51. The number of carbonyl (C=O) groups is 2. The minimum Gasteiger partial charge on any atom is -0.494 e. The smallest absolute Gasteiger partial charge is 0.341 e. The fourth-order valence-electron chi connectivity index (χ4n) is 3.80. The number of methoxy groups -OCH3 is 1. The fraction of sp³-hybridized carbons (Fsp3) is 0.478. The van der Waals surface area contributed by atoms with Gasteiger partial charge in [-0.2, -0.15) is 0 Å². The average Bonchev–Trinajstić information content (AvgIpc) is 3.04. The Hall–Kier alpha value is -2.34. The third-order valence-corrected chi connectivity index (χ3v) is 6.68. The largest absolute Gasteiger partial charge is 0.494 e. The summed E-state index contributed by atoms with van der Waals surface area (Å²) in [5.74, 6) is 0.537. The maximum absolute atomic E-state index is 12.9. The first-order chi connectivity index (χ1) is 13.7. The Morgan fingerprint density at radius 2 is 2.03 bits per heavy atom. The van der Waals surface area contributed by atoms with Gasteiger partial charge in [0.15, 0.2) is 0 Å². The first-order valence-electron chi connectivity index (χ1n) is 10.0. The molecule has 0 saturated carbocycles. The molecule has 0 saturated heterocycles. The van der Waals surface area contributed by atoms with Gasteiger partial charge in [-0.1, -0.05) is 26.8 Å². The molecule has 0 aliphatic heterocycles. The zero-order chi connectivity index (χ0) is 21.2. The van der Waals surface area contributed by atoms with Gasteiger partial charge in [-0.3, -0.25) is 4.79 Å². The Kier molecular flexibility index (Phi) is 6.32. The van der Waals surface area contributed by atoms with Gasteiger partial charge >= 0.3 is 5.97 Å². The number of hydrogen-bond acceptors (Lipinski definition) is 5. The first-order valence-corrected chi connectivity index (χ1v) is 10.8. The molecule has 1 atom stereocenters. The monoisotopic (exact) mass is 415 g/mol. The number of carbonyl (C=O) groups excluding carboxylic acids is 2. The highest BCUT2D eigenvalue weighted by Gasteiger charge is 2.34. The highest BCUT2D eigenvalue weighted by Crippen LogP contribution is 2.44. The fourth-order valence-corrected chi connectivity index (χ4v) is 5.11. The number of hydrogen-bond donors (Lipinski definition) is 1. The molecule has 0 spiro atoms. The predicted octanol–water partition coefficient (Wildman–Crippen LogP) is 5.34. The summed E-state index contributed by atoms with van der Waals surface area (Å²) in [6, 6.07) is 7.05. The van der Waals surface area contributed by atoms with Crippen LogP contribution in [0.15, 0.2) is 24.3 Å². The van der Waals surface area contributed by atoms with E-state index < -0.39 is 5.97 Å². The van der Waals surface area contributed by atoms with Gasteiger partial charge in [0.05, 0.1) is 19.3 Å². The molecule has 1 aliphatic rings. The summed E-state index contributed by atoms with van der Waals surface area (Å²) in [6.07, 6.45) is 2.78. The van der Waals surface area contributed by atoms with Crippen LogP contribution in [0, 0.1) is 11.3 Å². The molecule has 2 aromatic rings. The van der Waals surface area contributed by atoms with Crippen molar-refractivity contribution < 1.29 is 19.1 Å². The summed E-state index contributed by atoms with van der Waals surface area (Å²) < 4.78 is 10.5. The molecule has 29 heavy (non-hydrogen) atoms. The minimum absolute atomic E-state index is 0.205. The molecular weight excluding hydrogens is 386 g/mol. The molecule has 1 amide bonds. The molecule has 6 heteroatoms. The number of fused-ring (bicyclic) bond motifs is 1. The first kappa shape index (κ1) is 21.4. The van der Waals surface area contributed by atoms with Gasteiger partial charge in [0, 0.05) is 10.4 Å². The van der Waals surface area contributed by atoms with Crippen molar-refractivity contribution in [1.82, 2.24) is 0 Å². The van der Waals surface area contributed by atoms with Crippen molar-refractivity contribution in [3.63, 3.8) is 0 Å². The lowest BCUT2D eigenvalue weighted by Gasteiger charge is -2.33. The lowest BCUT2D eigenvalue weighted by atomic mass is 9.72. The van der Waals surface area contributed by atoms with Gasteiger partial charge in [0.1, 0.15) is 10.8 Å². The molecule has 1 unspecified atom stereocenters. The summed E-state index contributed by atoms with van der Waals surface area (Å²) in [4.78, 5) is 26.6. The van der Waals surface area contributed by atoms with E-state index in [2.05, 4.69) is 26.1 Å². The van der Waals surface area contributed by atoms with Crippen molar-refractivity contribution in [3.05, 3.63) is 45.8 Å². The molecule has 1 aromatic heterocycles. The number of esters is 1. The molecule has 0 radical (unpaired) electrons. The van der Waals surface area contributed by atoms with Gasteiger partial charge < -0.3 is 14.8 Å². The maximum atomic E-state index is 12.9. The second-order valence-corrected chi connectivity index (χ2v) is 9.53. The number of thiophene rings is 1. The molecule has 1 heterocycles. The lowest BCUT2D eigenvalue weighted by Crippen LogP contribution is -2.26. The predicted molar refractivity (Wildman–Crippen MR) is 116 cm³/mol. The molecule has 0 bridgehead atoms. The van der Waals surface area contributed by atoms with Crippen LogP contribution < -0.4 is 10.1 Å². The van der Waals surface area contributed by atoms with Crippen LogP contribution in [-0.4, -0.2) is 25.6 Å². The topological polar surface area (TPSA) is 64.6 Å². The van der Waals surface area contributed by atoms with Crippen LogP contribution >= 0.6 is 11.3 Å². The van der Waals surface area contributed by atoms with Crippen molar-refractivity contribution in [2.24, 2.45) is 11.3 Å². The van der Waals surface area contributed by atoms with Crippen LogP contribution in [0.2, 0.25) is 0 Å². The third kappa shape index (κ3) is 4.64. The second kappa shape index (κ2) is 8.57. The minimum atomic E-state index is -0.393. The van der Waals surface area contributed by atoms with Crippen molar-refractivity contribution in [3.8, 4) is 5.75 Å². The van der Waals surface area contributed by atoms with Gasteiger partial charge in [-0.25, -0.2) is 4.79 Å². The zero-order valence-electron chi connectivity index (χ0n) is 17.8. The van der Waals surface area contributed by atoms with Crippen molar-refractivity contribution >= 4 is 28.2 Å². The van der Waals surface area contributed by atoms with Crippen LogP contribution in [0.5, 0.6) is 5.75 Å². The van der Waals surface area contributed by atoms with Gasteiger partial charge in [0.2, 0.25) is 0 Å². The van der Waals surface area contributed by atoms with Crippen molar-refractivity contribution in [2.45, 2.75) is 47.0 Å². The normalized spacial score (nSPS) is 16.1. The molecule has 1 N–H and O–H groups in total. The van der Waals surface area contributed by atoms with E-state index in [4.69, 9.17) is 9.47 Å². The van der Waals surface area contributed by atoms with Gasteiger partial charge in [-0.05, 0) is 61.3 Å². The van der Waals surface area contributed by atoms with E-state index >= 15 is 0 Å². The van der Waals surface area contributed by atoms with E-state index in [0.717, 1.165) is 24.8 Å². The Labute approximate surface area is 176 Å². The summed E-state index contributed by atoms with van der Waals surface area (Å²) in [6.45, 7) is 9.20. The maximum Gasteiger partial charge on any atom is 0.341 e. The Morgan fingerprint density at radius 3 is 2.69 bits per heavy atom. The van der Waals surface area contributed by atoms with Gasteiger partial charge in [0.25, 0.3) is 5.91 Å². The molecule has 156 valence electrons. The highest BCUT2D eigenvalue weighted by molar-refractivity contribution is 7.17. The van der Waals surface area contributed by atoms with E-state index in [1.165, 1.54) is 23.3 Å². The Morgan fingerprint density at radius 1 is 1.28 bits per heavy atom. The number of amides is 1. The van der Waals surface area contributed by atoms with Crippen LogP contribution in [0.1, 0.15) is 65.3 Å². The lowest BCUT2D eigenvalue weighted by molar-refractivity contribution is 0.0600. The number of nitrogens with one attached hydrogen (secondary N) is 1. The Balaban J connectivity index is 1.91. The quantitative estimate of drug-likeness (QED) is 0.670. The van der Waals surface area contributed by atoms with E-state index in [9.17, 15) is 9.59 Å². The molecule has 1 aromatic carbocycles. The highest BCUT2D eigenvalue weighted by atomic mass is 32.1. The van der Waals surface area contributed by atoms with Crippen LogP contribution in [0.4, 0.5) is 5.00 Å². The molecule has 0 fully saturated rings. The molecule has 1 aliphatic carbocycles. The number of benzene rings is 1. The summed E-state index contributed by atoms with van der Waals surface area (Å²) in [5, 5.41) is 3.52. The van der Waals surface area contributed by atoms with Gasteiger partial charge in [-0.15, -0.1) is 11.3 Å². The van der Waals surface area contributed by atoms with E-state index in [0.29, 0.717) is 34.4 Å². The van der Waals surface area contributed by atoms with E-state index in [1.807, 2.05) is 13.0 Å². The summed E-state index contributed by atoms with van der Waals surface area (Å²) in [5.41, 5.74) is 2.23. The number of anilines is 1. The Bertz CT molecular complexity index is 910. The second-order valence-electron chi connectivity index (χ2n) is 8.42. The van der Waals surface area contributed by atoms with Crippen LogP contribution in [0.3, 0.4) is 0 Å². The summed E-state index contributed by atoms with van der Waals surface area (Å²) in [7, 11) is 1.38. The standard InChI is InChI=1S/C23H29NO4S/c1-6-28-16-9-7-8-14(12-16)20(25)24-21-19(22(26)27-5)17-11-10-15(23(2,3)4)13-18(17)29-21/h7-9,12,15H,6,10-11,13H2,1-5H3,(H,24,25).